The number of nitrogens with two attached hydrogens (primary N) is 1. The molecule has 0 aliphatic rings. The molecule has 0 aromatic rings. The Morgan fingerprint density at radius 2 is 2.07 bits per heavy atom. The molecule has 0 unspecified atom stereocenters. The van der Waals surface area contributed by atoms with Crippen LogP contribution in [0, 0.1) is 0 Å². The molecule has 15 heavy (non-hydrogen) atoms. The summed E-state index contributed by atoms with van der Waals surface area (Å²) in [4.78, 5) is 22.2. The summed E-state index contributed by atoms with van der Waals surface area (Å²) in [5.74, 6) is -0.716. The average Bonchev–Trinajstić information content (AvgIpc) is 2.13. The molecule has 88 valence electrons. The lowest BCUT2D eigenvalue weighted by molar-refractivity contribution is -0.146. The van der Waals surface area contributed by atoms with Crippen LogP contribution in [-0.2, 0) is 9.59 Å². The van der Waals surface area contributed by atoms with E-state index in [0.29, 0.717) is 6.42 Å². The van der Waals surface area contributed by atoms with Crippen LogP contribution in [0.3, 0.4) is 0 Å². The molecule has 5 nitrogen and oxygen atoms in total. The van der Waals surface area contributed by atoms with Crippen molar-refractivity contribution in [2.45, 2.75) is 31.8 Å². The number of carboxylic acids is 1. The van der Waals surface area contributed by atoms with Crippen LogP contribution in [0.2, 0.25) is 0 Å². The van der Waals surface area contributed by atoms with Gasteiger partial charge in [0.25, 0.3) is 0 Å². The summed E-state index contributed by atoms with van der Waals surface area (Å²) < 4.78 is 0. The molecule has 0 spiro atoms. The number of carboxylic acid groups (broad SMARTS) is 1. The number of aliphatic carboxylic acids is 1. The molecule has 0 saturated heterocycles. The zero-order valence-corrected chi connectivity index (χ0v) is 10.1. The highest BCUT2D eigenvalue weighted by atomic mass is 32.2. The molecule has 0 radical (unpaired) electrons. The predicted octanol–water partition coefficient (Wildman–Crippen LogP) is 0.0462. The third-order valence-corrected chi connectivity index (χ3v) is 2.58. The summed E-state index contributed by atoms with van der Waals surface area (Å²) in [6, 6.07) is -0.643. The number of hydrogen-bond donors (Lipinski definition) is 3. The Kier molecular flexibility index (Phi) is 5.67. The van der Waals surface area contributed by atoms with E-state index in [4.69, 9.17) is 10.8 Å². The van der Waals surface area contributed by atoms with Crippen LogP contribution < -0.4 is 11.1 Å². The van der Waals surface area contributed by atoms with Gasteiger partial charge in [0.1, 0.15) is 5.54 Å². The molecule has 0 rings (SSSR count). The topological polar surface area (TPSA) is 92.4 Å². The maximum Gasteiger partial charge on any atom is 0.328 e. The van der Waals surface area contributed by atoms with Gasteiger partial charge in [-0.05, 0) is 32.3 Å². The highest BCUT2D eigenvalue weighted by Gasteiger charge is 2.30. The number of nitrogens with one attached hydrogen (secondary N) is 1. The second kappa shape index (κ2) is 5.97. The monoisotopic (exact) mass is 234 g/mol. The molecule has 0 bridgehead atoms. The van der Waals surface area contributed by atoms with Crippen LogP contribution in [0.4, 0.5) is 0 Å². The Morgan fingerprint density at radius 3 is 2.47 bits per heavy atom. The van der Waals surface area contributed by atoms with Gasteiger partial charge in [0, 0.05) is 0 Å². The van der Waals surface area contributed by atoms with Crippen LogP contribution in [-0.4, -0.2) is 40.6 Å². The summed E-state index contributed by atoms with van der Waals surface area (Å²) in [5.41, 5.74) is 4.32. The van der Waals surface area contributed by atoms with Crippen molar-refractivity contribution < 1.29 is 14.7 Å². The van der Waals surface area contributed by atoms with Gasteiger partial charge in [-0.2, -0.15) is 11.8 Å². The van der Waals surface area contributed by atoms with Gasteiger partial charge >= 0.3 is 5.97 Å². The predicted molar refractivity (Wildman–Crippen MR) is 60.8 cm³/mol. The van der Waals surface area contributed by atoms with Crippen LogP contribution in [0.25, 0.3) is 0 Å². The number of hydrogen-bond acceptors (Lipinski definition) is 4. The molecule has 1 atom stereocenters. The third-order valence-electron chi connectivity index (χ3n) is 1.94. The van der Waals surface area contributed by atoms with Gasteiger partial charge in [-0.3, -0.25) is 4.79 Å². The molecule has 0 saturated carbocycles. The summed E-state index contributed by atoms with van der Waals surface area (Å²) in [7, 11) is 0. The van der Waals surface area contributed by atoms with E-state index in [-0.39, 0.29) is 0 Å². The molecule has 0 aliphatic carbocycles. The highest BCUT2D eigenvalue weighted by Crippen LogP contribution is 2.04. The number of carbonyl (C=O) groups is 2. The summed E-state index contributed by atoms with van der Waals surface area (Å²) in [5, 5.41) is 11.2. The third kappa shape index (κ3) is 5.03. The van der Waals surface area contributed by atoms with Crippen molar-refractivity contribution in [3.8, 4) is 0 Å². The van der Waals surface area contributed by atoms with Crippen LogP contribution in [0.1, 0.15) is 20.3 Å². The van der Waals surface area contributed by atoms with Crippen LogP contribution in [0.15, 0.2) is 0 Å². The quantitative estimate of drug-likeness (QED) is 0.603. The summed E-state index contributed by atoms with van der Waals surface area (Å²) in [6.45, 7) is 2.85. The Labute approximate surface area is 93.8 Å². The van der Waals surface area contributed by atoms with Gasteiger partial charge in [-0.15, -0.1) is 0 Å². The van der Waals surface area contributed by atoms with E-state index in [9.17, 15) is 9.59 Å². The Hall–Kier alpha value is -0.750. The molecule has 6 heteroatoms. The second-order valence-electron chi connectivity index (χ2n) is 3.81. The molecule has 0 fully saturated rings. The standard InChI is InChI=1S/C9H18N2O3S/c1-9(2,8(13)14)11-7(12)6(10)4-5-15-3/h6H,4-5,10H2,1-3H3,(H,11,12)(H,13,14)/t6-/m1/s1. The van der Waals surface area contributed by atoms with Crippen molar-refractivity contribution in [3.63, 3.8) is 0 Å². The van der Waals surface area contributed by atoms with Gasteiger partial charge in [-0.25, -0.2) is 4.79 Å². The lowest BCUT2D eigenvalue weighted by Crippen LogP contribution is -2.54. The minimum atomic E-state index is -1.27. The normalized spacial score (nSPS) is 13.3. The van der Waals surface area contributed by atoms with E-state index < -0.39 is 23.5 Å². The smallest absolute Gasteiger partial charge is 0.328 e. The number of rotatable bonds is 6. The van der Waals surface area contributed by atoms with E-state index in [0.717, 1.165) is 5.75 Å². The minimum Gasteiger partial charge on any atom is -0.480 e. The SMILES string of the molecule is CSCC[C@@H](N)C(=O)NC(C)(C)C(=O)O. The largest absolute Gasteiger partial charge is 0.480 e. The Morgan fingerprint density at radius 1 is 1.53 bits per heavy atom. The fourth-order valence-electron chi connectivity index (χ4n) is 0.830. The highest BCUT2D eigenvalue weighted by molar-refractivity contribution is 7.98. The molecule has 4 N–H and O–H groups in total. The second-order valence-corrected chi connectivity index (χ2v) is 4.79. The first-order valence-corrected chi connectivity index (χ1v) is 6.00. The average molecular weight is 234 g/mol. The Balaban J connectivity index is 4.18. The Bertz CT molecular complexity index is 244. The van der Waals surface area contributed by atoms with Gasteiger partial charge in [0.05, 0.1) is 6.04 Å². The minimum absolute atomic E-state index is 0.420. The molecule has 0 heterocycles. The van der Waals surface area contributed by atoms with E-state index in [1.54, 1.807) is 11.8 Å². The zero-order valence-electron chi connectivity index (χ0n) is 9.24. The molecule has 0 aromatic heterocycles. The van der Waals surface area contributed by atoms with Crippen molar-refractivity contribution in [2.24, 2.45) is 5.73 Å². The first-order valence-electron chi connectivity index (χ1n) is 4.61. The van der Waals surface area contributed by atoms with Gasteiger partial charge in [0.2, 0.25) is 5.91 Å². The van der Waals surface area contributed by atoms with Crippen molar-refractivity contribution >= 4 is 23.6 Å². The first-order chi connectivity index (χ1) is 6.81. The zero-order chi connectivity index (χ0) is 12.1. The first kappa shape index (κ1) is 14.2. The van der Waals surface area contributed by atoms with Gasteiger partial charge in [-0.1, -0.05) is 0 Å². The maximum atomic E-state index is 11.5. The van der Waals surface area contributed by atoms with Crippen LogP contribution >= 0.6 is 11.8 Å². The van der Waals surface area contributed by atoms with Crippen LogP contribution in [0.5, 0.6) is 0 Å². The number of amides is 1. The van der Waals surface area contributed by atoms with E-state index >= 15 is 0 Å². The van der Waals surface area contributed by atoms with E-state index in [1.165, 1.54) is 13.8 Å². The number of thioether (sulfide) groups is 1. The maximum absolute atomic E-state index is 11.5. The van der Waals surface area contributed by atoms with Crippen molar-refractivity contribution in [2.75, 3.05) is 12.0 Å². The molecule has 0 aromatic carbocycles. The van der Waals surface area contributed by atoms with Crippen molar-refractivity contribution in [3.05, 3.63) is 0 Å². The molecule has 0 aliphatic heterocycles. The van der Waals surface area contributed by atoms with Gasteiger partial charge < -0.3 is 16.2 Å². The lowest BCUT2D eigenvalue weighted by atomic mass is 10.1. The summed E-state index contributed by atoms with van der Waals surface area (Å²) >= 11 is 1.60. The lowest BCUT2D eigenvalue weighted by Gasteiger charge is -2.23. The fraction of sp³-hybridized carbons (Fsp3) is 0.778. The summed E-state index contributed by atoms with van der Waals surface area (Å²) in [6.07, 6.45) is 2.47. The van der Waals surface area contributed by atoms with Crippen molar-refractivity contribution in [1.29, 1.82) is 0 Å². The molecular formula is C9H18N2O3S. The fourth-order valence-corrected chi connectivity index (χ4v) is 1.32. The van der Waals surface area contributed by atoms with E-state index in [2.05, 4.69) is 5.32 Å². The molecular weight excluding hydrogens is 216 g/mol. The number of carbonyl (C=O) groups excluding carboxylic acids is 1. The van der Waals surface area contributed by atoms with Crippen molar-refractivity contribution in [1.82, 2.24) is 5.32 Å². The van der Waals surface area contributed by atoms with Gasteiger partial charge in [0.15, 0.2) is 0 Å². The molecule has 1 amide bonds. The van der Waals surface area contributed by atoms with E-state index in [1.807, 2.05) is 6.26 Å².